The predicted molar refractivity (Wildman–Crippen MR) is 158 cm³/mol. The van der Waals surface area contributed by atoms with Crippen molar-refractivity contribution in [2.24, 2.45) is 0 Å². The van der Waals surface area contributed by atoms with Crippen molar-refractivity contribution in [3.63, 3.8) is 0 Å². The Labute approximate surface area is 224 Å². The predicted octanol–water partition coefficient (Wildman–Crippen LogP) is 8.38. The number of nitrogens with zero attached hydrogens (tertiary/aromatic N) is 2. The van der Waals surface area contributed by atoms with Gasteiger partial charge in [0.25, 0.3) is 0 Å². The third-order valence-electron chi connectivity index (χ3n) is 8.14. The van der Waals surface area contributed by atoms with E-state index in [1.54, 1.807) is 13.4 Å². The van der Waals surface area contributed by atoms with Gasteiger partial charge < -0.3 is 15.0 Å². The van der Waals surface area contributed by atoms with E-state index in [-0.39, 0.29) is 10.8 Å². The first kappa shape index (κ1) is 24.2. The number of aromatic amines is 1. The number of H-pyrrole nitrogens is 1. The third kappa shape index (κ3) is 4.32. The summed E-state index contributed by atoms with van der Waals surface area (Å²) in [4.78, 5) is 12.3. The van der Waals surface area contributed by atoms with Gasteiger partial charge in [0, 0.05) is 39.8 Å². The molecule has 5 aromatic rings. The lowest BCUT2D eigenvalue weighted by Gasteiger charge is -2.42. The Balaban J connectivity index is 1.37. The molecule has 0 saturated heterocycles. The Hall–Kier alpha value is -4.12. The van der Waals surface area contributed by atoms with Gasteiger partial charge in [-0.2, -0.15) is 0 Å². The summed E-state index contributed by atoms with van der Waals surface area (Å²) in [6.07, 6.45) is 10.3. The molecule has 2 N–H and O–H groups in total. The van der Waals surface area contributed by atoms with Gasteiger partial charge in [-0.1, -0.05) is 58.0 Å². The van der Waals surface area contributed by atoms with Gasteiger partial charge in [-0.15, -0.1) is 0 Å². The van der Waals surface area contributed by atoms with Gasteiger partial charge in [-0.3, -0.25) is 0 Å². The molecule has 0 atom stereocenters. The molecule has 0 unspecified atom stereocenters. The van der Waals surface area contributed by atoms with Gasteiger partial charge in [0.1, 0.15) is 17.9 Å². The SMILES string of the molecule is COc1cc2ncnc(Nc3ccc4[nH]ccc4c3)c2cc1C=Cc1ccc2c(c1)C(C)(C)CCC2(C)C. The maximum atomic E-state index is 5.75. The summed E-state index contributed by atoms with van der Waals surface area (Å²) in [5, 5.41) is 5.58. The highest BCUT2D eigenvalue weighted by atomic mass is 16.5. The number of fused-ring (bicyclic) bond motifs is 3. The Kier molecular flexibility index (Phi) is 5.75. The van der Waals surface area contributed by atoms with Crippen molar-refractivity contribution in [3.8, 4) is 5.75 Å². The van der Waals surface area contributed by atoms with E-state index in [2.05, 4.69) is 109 Å². The molecular weight excluding hydrogens is 468 g/mol. The summed E-state index contributed by atoms with van der Waals surface area (Å²) >= 11 is 0. The highest BCUT2D eigenvalue weighted by molar-refractivity contribution is 5.95. The van der Waals surface area contributed by atoms with Crippen molar-refractivity contribution in [1.82, 2.24) is 15.0 Å². The van der Waals surface area contributed by atoms with Crippen LogP contribution in [-0.2, 0) is 10.8 Å². The van der Waals surface area contributed by atoms with E-state index in [1.165, 1.54) is 29.5 Å². The Morgan fingerprint density at radius 3 is 2.50 bits per heavy atom. The number of nitrogens with one attached hydrogen (secondary N) is 2. The molecule has 0 aliphatic heterocycles. The lowest BCUT2D eigenvalue weighted by atomic mass is 9.63. The second kappa shape index (κ2) is 9.02. The molecular formula is C33H34N4O. The van der Waals surface area contributed by atoms with Crippen molar-refractivity contribution in [2.75, 3.05) is 12.4 Å². The molecule has 1 aliphatic rings. The number of hydrogen-bond acceptors (Lipinski definition) is 4. The minimum atomic E-state index is 0.177. The number of methoxy groups -OCH3 is 1. The molecule has 1 aliphatic carbocycles. The summed E-state index contributed by atoms with van der Waals surface area (Å²) in [6.45, 7) is 9.45. The second-order valence-corrected chi connectivity index (χ2v) is 11.6. The van der Waals surface area contributed by atoms with Crippen molar-refractivity contribution < 1.29 is 4.74 Å². The van der Waals surface area contributed by atoms with Crippen molar-refractivity contribution >= 4 is 45.5 Å². The van der Waals surface area contributed by atoms with Crippen LogP contribution in [0.3, 0.4) is 0 Å². The monoisotopic (exact) mass is 502 g/mol. The van der Waals surface area contributed by atoms with Gasteiger partial charge in [0.05, 0.1) is 12.6 Å². The third-order valence-corrected chi connectivity index (χ3v) is 8.14. The standard InChI is InChI=1S/C33H34N4O/c1-32(2)13-14-33(3,4)27-16-21(7-10-26(27)32)6-8-23-18-25-29(19-30(23)38-5)35-20-36-31(25)37-24-9-11-28-22(17-24)12-15-34-28/h6-12,15-20,34H,13-14H2,1-5H3,(H,35,36,37). The Morgan fingerprint density at radius 2 is 1.68 bits per heavy atom. The second-order valence-electron chi connectivity index (χ2n) is 11.6. The number of anilines is 2. The molecule has 0 fully saturated rings. The minimum Gasteiger partial charge on any atom is -0.496 e. The molecule has 2 aromatic heterocycles. The normalized spacial score (nSPS) is 16.1. The van der Waals surface area contributed by atoms with Crippen LogP contribution in [0.4, 0.5) is 11.5 Å². The van der Waals surface area contributed by atoms with E-state index >= 15 is 0 Å². The molecule has 0 radical (unpaired) electrons. The molecule has 0 spiro atoms. The van der Waals surface area contributed by atoms with E-state index in [0.29, 0.717) is 0 Å². The van der Waals surface area contributed by atoms with E-state index in [0.717, 1.165) is 44.6 Å². The first-order valence-corrected chi connectivity index (χ1v) is 13.2. The smallest absolute Gasteiger partial charge is 0.141 e. The molecule has 5 heteroatoms. The van der Waals surface area contributed by atoms with Crippen LogP contribution in [0.2, 0.25) is 0 Å². The van der Waals surface area contributed by atoms with Gasteiger partial charge in [0.15, 0.2) is 0 Å². The van der Waals surface area contributed by atoms with Crippen LogP contribution in [0.25, 0.3) is 34.0 Å². The topological polar surface area (TPSA) is 62.8 Å². The molecule has 0 saturated carbocycles. The zero-order valence-corrected chi connectivity index (χ0v) is 22.7. The number of benzene rings is 3. The molecule has 2 heterocycles. The number of hydrogen-bond donors (Lipinski definition) is 2. The van der Waals surface area contributed by atoms with Crippen LogP contribution in [0.5, 0.6) is 5.75 Å². The molecule has 192 valence electrons. The molecule has 38 heavy (non-hydrogen) atoms. The van der Waals surface area contributed by atoms with Gasteiger partial charge in [0.2, 0.25) is 0 Å². The molecule has 0 bridgehead atoms. The van der Waals surface area contributed by atoms with Crippen molar-refractivity contribution in [2.45, 2.75) is 51.4 Å². The largest absolute Gasteiger partial charge is 0.496 e. The molecule has 5 nitrogen and oxygen atoms in total. The van der Waals surface area contributed by atoms with Crippen LogP contribution in [0.1, 0.15) is 62.8 Å². The average Bonchev–Trinajstić information content (AvgIpc) is 3.38. The lowest BCUT2D eigenvalue weighted by molar-refractivity contribution is 0.332. The van der Waals surface area contributed by atoms with E-state index in [1.807, 2.05) is 12.3 Å². The first-order chi connectivity index (χ1) is 18.2. The Bertz CT molecular complexity index is 1690. The minimum absolute atomic E-state index is 0.177. The molecule has 3 aromatic carbocycles. The van der Waals surface area contributed by atoms with Crippen molar-refractivity contribution in [1.29, 1.82) is 0 Å². The zero-order chi connectivity index (χ0) is 26.5. The first-order valence-electron chi connectivity index (χ1n) is 13.2. The van der Waals surface area contributed by atoms with Crippen LogP contribution < -0.4 is 10.1 Å². The fourth-order valence-corrected chi connectivity index (χ4v) is 5.67. The summed E-state index contributed by atoms with van der Waals surface area (Å²) in [7, 11) is 1.70. The fraction of sp³-hybridized carbons (Fsp3) is 0.273. The molecule has 6 rings (SSSR count). The summed E-state index contributed by atoms with van der Waals surface area (Å²) in [5.74, 6) is 1.55. The fourth-order valence-electron chi connectivity index (χ4n) is 5.67. The summed E-state index contributed by atoms with van der Waals surface area (Å²) in [5.41, 5.74) is 8.41. The Morgan fingerprint density at radius 1 is 0.868 bits per heavy atom. The zero-order valence-electron chi connectivity index (χ0n) is 22.7. The summed E-state index contributed by atoms with van der Waals surface area (Å²) in [6, 6.07) is 19.3. The summed E-state index contributed by atoms with van der Waals surface area (Å²) < 4.78 is 5.75. The van der Waals surface area contributed by atoms with Crippen LogP contribution in [-0.4, -0.2) is 22.1 Å². The van der Waals surface area contributed by atoms with E-state index in [4.69, 9.17) is 4.74 Å². The average molecular weight is 503 g/mol. The maximum absolute atomic E-state index is 5.75. The maximum Gasteiger partial charge on any atom is 0.141 e. The van der Waals surface area contributed by atoms with E-state index in [9.17, 15) is 0 Å². The van der Waals surface area contributed by atoms with Gasteiger partial charge in [-0.05, 0) is 70.7 Å². The quantitative estimate of drug-likeness (QED) is 0.237. The van der Waals surface area contributed by atoms with Crippen LogP contribution in [0.15, 0.2) is 67.1 Å². The highest BCUT2D eigenvalue weighted by Crippen LogP contribution is 2.46. The van der Waals surface area contributed by atoms with Crippen LogP contribution in [0, 0.1) is 0 Å². The molecule has 0 amide bonds. The van der Waals surface area contributed by atoms with Gasteiger partial charge in [-0.25, -0.2) is 9.97 Å². The number of aromatic nitrogens is 3. The van der Waals surface area contributed by atoms with Gasteiger partial charge >= 0.3 is 0 Å². The van der Waals surface area contributed by atoms with E-state index < -0.39 is 0 Å². The number of ether oxygens (including phenoxy) is 1. The van der Waals surface area contributed by atoms with Crippen molar-refractivity contribution in [3.05, 3.63) is 89.4 Å². The lowest BCUT2D eigenvalue weighted by Crippen LogP contribution is -2.33. The highest BCUT2D eigenvalue weighted by Gasteiger charge is 2.36. The number of rotatable bonds is 5. The van der Waals surface area contributed by atoms with Crippen LogP contribution >= 0.6 is 0 Å².